The van der Waals surface area contributed by atoms with Gasteiger partial charge in [-0.1, -0.05) is 6.92 Å². The van der Waals surface area contributed by atoms with Crippen molar-refractivity contribution < 1.29 is 18.3 Å². The van der Waals surface area contributed by atoms with Crippen molar-refractivity contribution in [3.63, 3.8) is 0 Å². The smallest absolute Gasteiger partial charge is 0.304 e. The summed E-state index contributed by atoms with van der Waals surface area (Å²) in [5.74, 6) is -0.834. The minimum Gasteiger partial charge on any atom is -0.481 e. The highest BCUT2D eigenvalue weighted by atomic mass is 32.2. The maximum Gasteiger partial charge on any atom is 0.304 e. The Kier molecular flexibility index (Phi) is 7.27. The molecule has 96 valence electrons. The second-order valence-electron chi connectivity index (χ2n) is 3.50. The van der Waals surface area contributed by atoms with E-state index in [9.17, 15) is 13.2 Å². The standard InChI is InChI=1S/C9H20N2O4S/c1-3-11(16(2,14)15)8-4-6-10-7-5-9(12)13/h10H,3-8H2,1-2H3,(H,12,13). The fraction of sp³-hybridized carbons (Fsp3) is 0.889. The predicted molar refractivity (Wildman–Crippen MR) is 61.8 cm³/mol. The largest absolute Gasteiger partial charge is 0.481 e. The number of nitrogens with zero attached hydrogens (tertiary/aromatic N) is 1. The SMILES string of the molecule is CCN(CCCNCCC(=O)O)S(C)(=O)=O. The third kappa shape index (κ3) is 7.61. The molecule has 0 unspecified atom stereocenters. The first-order valence-corrected chi connectivity index (χ1v) is 7.10. The Morgan fingerprint density at radius 1 is 1.38 bits per heavy atom. The molecule has 0 saturated carbocycles. The minimum absolute atomic E-state index is 0.0869. The normalized spacial score (nSPS) is 11.9. The molecular formula is C9H20N2O4S. The van der Waals surface area contributed by atoms with Gasteiger partial charge in [-0.15, -0.1) is 0 Å². The van der Waals surface area contributed by atoms with Crippen LogP contribution in [0.5, 0.6) is 0 Å². The number of carbonyl (C=O) groups is 1. The molecule has 7 heteroatoms. The van der Waals surface area contributed by atoms with E-state index in [0.29, 0.717) is 32.6 Å². The average Bonchev–Trinajstić information content (AvgIpc) is 2.14. The molecule has 0 aliphatic carbocycles. The number of sulfonamides is 1. The Balaban J connectivity index is 3.61. The third-order valence-electron chi connectivity index (χ3n) is 2.10. The van der Waals surface area contributed by atoms with E-state index in [1.54, 1.807) is 6.92 Å². The fourth-order valence-electron chi connectivity index (χ4n) is 1.26. The van der Waals surface area contributed by atoms with Crippen molar-refractivity contribution in [2.75, 3.05) is 32.4 Å². The molecule has 0 heterocycles. The van der Waals surface area contributed by atoms with Crippen LogP contribution in [-0.2, 0) is 14.8 Å². The molecule has 0 bridgehead atoms. The van der Waals surface area contributed by atoms with Crippen LogP contribution in [-0.4, -0.2) is 56.2 Å². The van der Waals surface area contributed by atoms with Gasteiger partial charge in [0, 0.05) is 19.6 Å². The Bertz CT molecular complexity index is 303. The first-order valence-electron chi connectivity index (χ1n) is 5.25. The molecule has 6 nitrogen and oxygen atoms in total. The van der Waals surface area contributed by atoms with Gasteiger partial charge in [0.25, 0.3) is 0 Å². The van der Waals surface area contributed by atoms with Gasteiger partial charge in [0.2, 0.25) is 10.0 Å². The van der Waals surface area contributed by atoms with E-state index < -0.39 is 16.0 Å². The maximum absolute atomic E-state index is 11.2. The lowest BCUT2D eigenvalue weighted by Gasteiger charge is -2.17. The average molecular weight is 252 g/mol. The van der Waals surface area contributed by atoms with Crippen LogP contribution < -0.4 is 5.32 Å². The molecule has 0 saturated heterocycles. The summed E-state index contributed by atoms with van der Waals surface area (Å²) in [5.41, 5.74) is 0. The third-order valence-corrected chi connectivity index (χ3v) is 3.48. The summed E-state index contributed by atoms with van der Waals surface area (Å²) in [4.78, 5) is 10.2. The summed E-state index contributed by atoms with van der Waals surface area (Å²) in [6.45, 7) is 3.77. The van der Waals surface area contributed by atoms with E-state index in [0.717, 1.165) is 0 Å². The number of rotatable bonds is 9. The van der Waals surface area contributed by atoms with Gasteiger partial charge in [-0.25, -0.2) is 12.7 Å². The molecule has 0 radical (unpaired) electrons. The molecule has 0 fully saturated rings. The van der Waals surface area contributed by atoms with Crippen LogP contribution in [0.25, 0.3) is 0 Å². The molecule has 0 rings (SSSR count). The maximum atomic E-state index is 11.2. The summed E-state index contributed by atoms with van der Waals surface area (Å²) in [6, 6.07) is 0. The Morgan fingerprint density at radius 3 is 2.44 bits per heavy atom. The molecule has 16 heavy (non-hydrogen) atoms. The van der Waals surface area contributed by atoms with Crippen LogP contribution in [0.4, 0.5) is 0 Å². The van der Waals surface area contributed by atoms with Crippen molar-refractivity contribution in [3.8, 4) is 0 Å². The van der Waals surface area contributed by atoms with Crippen molar-refractivity contribution in [2.45, 2.75) is 19.8 Å². The van der Waals surface area contributed by atoms with Crippen molar-refractivity contribution in [2.24, 2.45) is 0 Å². The van der Waals surface area contributed by atoms with E-state index >= 15 is 0 Å². The van der Waals surface area contributed by atoms with Crippen molar-refractivity contribution in [3.05, 3.63) is 0 Å². The second kappa shape index (κ2) is 7.59. The number of aliphatic carboxylic acids is 1. The van der Waals surface area contributed by atoms with Crippen LogP contribution in [0, 0.1) is 0 Å². The Labute approximate surface area is 96.7 Å². The number of carboxylic acid groups (broad SMARTS) is 1. The molecule has 0 spiro atoms. The first kappa shape index (κ1) is 15.3. The molecule has 0 amide bonds. The zero-order valence-electron chi connectivity index (χ0n) is 9.77. The topological polar surface area (TPSA) is 86.7 Å². The van der Waals surface area contributed by atoms with Crippen molar-refractivity contribution >= 4 is 16.0 Å². The molecule has 0 aromatic heterocycles. The zero-order valence-corrected chi connectivity index (χ0v) is 10.6. The molecule has 0 aromatic rings. The van der Waals surface area contributed by atoms with Gasteiger partial charge in [-0.05, 0) is 13.0 Å². The lowest BCUT2D eigenvalue weighted by Crippen LogP contribution is -2.32. The molecule has 0 aliphatic heterocycles. The highest BCUT2D eigenvalue weighted by Crippen LogP contribution is 1.97. The van der Waals surface area contributed by atoms with Gasteiger partial charge in [-0.2, -0.15) is 0 Å². The predicted octanol–water partition coefficient (Wildman–Crippen LogP) is -0.278. The van der Waals surface area contributed by atoms with Gasteiger partial charge < -0.3 is 10.4 Å². The quantitative estimate of drug-likeness (QED) is 0.551. The van der Waals surface area contributed by atoms with Crippen LogP contribution in [0.2, 0.25) is 0 Å². The van der Waals surface area contributed by atoms with E-state index in [2.05, 4.69) is 5.32 Å². The molecule has 2 N–H and O–H groups in total. The Hall–Kier alpha value is -0.660. The van der Waals surface area contributed by atoms with Gasteiger partial charge in [-0.3, -0.25) is 4.79 Å². The fourth-order valence-corrected chi connectivity index (χ4v) is 2.19. The number of nitrogens with one attached hydrogen (secondary N) is 1. The monoisotopic (exact) mass is 252 g/mol. The summed E-state index contributed by atoms with van der Waals surface area (Å²) in [7, 11) is -3.11. The van der Waals surface area contributed by atoms with Gasteiger partial charge in [0.15, 0.2) is 0 Å². The van der Waals surface area contributed by atoms with E-state index in [4.69, 9.17) is 5.11 Å². The number of hydrogen-bond donors (Lipinski definition) is 2. The molecule has 0 atom stereocenters. The van der Waals surface area contributed by atoms with Gasteiger partial charge >= 0.3 is 5.97 Å². The van der Waals surface area contributed by atoms with Gasteiger partial charge in [0.1, 0.15) is 0 Å². The number of carboxylic acids is 1. The Morgan fingerprint density at radius 2 is 2.00 bits per heavy atom. The van der Waals surface area contributed by atoms with Crippen molar-refractivity contribution in [1.82, 2.24) is 9.62 Å². The molecular weight excluding hydrogens is 232 g/mol. The summed E-state index contributed by atoms with van der Waals surface area (Å²) >= 11 is 0. The zero-order chi connectivity index (χ0) is 12.6. The summed E-state index contributed by atoms with van der Waals surface area (Å²) < 4.78 is 23.8. The lowest BCUT2D eigenvalue weighted by atomic mass is 10.4. The minimum atomic E-state index is -3.11. The summed E-state index contributed by atoms with van der Waals surface area (Å²) in [6.07, 6.45) is 1.96. The van der Waals surface area contributed by atoms with Crippen LogP contribution in [0.3, 0.4) is 0 Å². The molecule has 0 aromatic carbocycles. The second-order valence-corrected chi connectivity index (χ2v) is 5.48. The van der Waals surface area contributed by atoms with E-state index in [1.165, 1.54) is 10.6 Å². The van der Waals surface area contributed by atoms with Crippen LogP contribution in [0.1, 0.15) is 19.8 Å². The van der Waals surface area contributed by atoms with Crippen LogP contribution >= 0.6 is 0 Å². The highest BCUT2D eigenvalue weighted by molar-refractivity contribution is 7.88. The van der Waals surface area contributed by atoms with Gasteiger partial charge in [0.05, 0.1) is 12.7 Å². The number of hydrogen-bond acceptors (Lipinski definition) is 4. The highest BCUT2D eigenvalue weighted by Gasteiger charge is 2.12. The lowest BCUT2D eigenvalue weighted by molar-refractivity contribution is -0.136. The van der Waals surface area contributed by atoms with Crippen LogP contribution in [0.15, 0.2) is 0 Å². The summed E-state index contributed by atoms with van der Waals surface area (Å²) in [5, 5.41) is 11.3. The first-order chi connectivity index (χ1) is 7.38. The van der Waals surface area contributed by atoms with E-state index in [-0.39, 0.29) is 6.42 Å². The molecule has 0 aliphatic rings. The van der Waals surface area contributed by atoms with E-state index in [1.807, 2.05) is 0 Å². The van der Waals surface area contributed by atoms with Crippen molar-refractivity contribution in [1.29, 1.82) is 0 Å².